The van der Waals surface area contributed by atoms with Crippen molar-refractivity contribution in [1.82, 2.24) is 0 Å². The Hall–Kier alpha value is -1.54. The van der Waals surface area contributed by atoms with E-state index in [2.05, 4.69) is 4.74 Å². The second kappa shape index (κ2) is 5.20. The highest BCUT2D eigenvalue weighted by Crippen LogP contribution is 2.20. The summed E-state index contributed by atoms with van der Waals surface area (Å²) in [6.45, 7) is 0. The smallest absolute Gasteiger partial charge is 0.426 e. The summed E-state index contributed by atoms with van der Waals surface area (Å²) < 4.78 is 39.8. The first-order chi connectivity index (χ1) is 7.78. The van der Waals surface area contributed by atoms with E-state index in [1.807, 2.05) is 0 Å². The highest BCUT2D eigenvalue weighted by Gasteiger charge is 2.32. The molecule has 2 N–H and O–H groups in total. The standard InChI is InChI=1S/C9H8BF3O4/c11-9(12,13)5-8(14)17-7-3-1-6(2-4-7)10(15)16/h1-4,15-16H,5H2. The summed E-state index contributed by atoms with van der Waals surface area (Å²) in [5.41, 5.74) is 0.139. The molecule has 0 aliphatic heterocycles. The lowest BCUT2D eigenvalue weighted by molar-refractivity contribution is -0.163. The van der Waals surface area contributed by atoms with Gasteiger partial charge in [-0.2, -0.15) is 13.2 Å². The molecule has 0 bridgehead atoms. The molecule has 0 heterocycles. The number of alkyl halides is 3. The molecule has 0 radical (unpaired) electrons. The minimum absolute atomic E-state index is 0.0938. The van der Waals surface area contributed by atoms with Crippen molar-refractivity contribution >= 4 is 18.6 Å². The van der Waals surface area contributed by atoms with Gasteiger partial charge in [0.2, 0.25) is 0 Å². The molecular weight excluding hydrogens is 240 g/mol. The molecule has 0 saturated heterocycles. The SMILES string of the molecule is O=C(CC(F)(F)F)Oc1ccc(B(O)O)cc1. The van der Waals surface area contributed by atoms with E-state index in [4.69, 9.17) is 10.0 Å². The molecule has 17 heavy (non-hydrogen) atoms. The summed E-state index contributed by atoms with van der Waals surface area (Å²) in [7, 11) is -1.69. The molecule has 0 atom stereocenters. The maximum absolute atomic E-state index is 11.8. The number of benzene rings is 1. The van der Waals surface area contributed by atoms with Crippen LogP contribution in [0.1, 0.15) is 6.42 Å². The molecule has 1 rings (SSSR count). The third-order valence-corrected chi connectivity index (χ3v) is 1.75. The van der Waals surface area contributed by atoms with Crippen molar-refractivity contribution in [3.63, 3.8) is 0 Å². The highest BCUT2D eigenvalue weighted by atomic mass is 19.4. The Balaban J connectivity index is 2.61. The second-order valence-corrected chi connectivity index (χ2v) is 3.21. The average Bonchev–Trinajstić information content (AvgIpc) is 2.15. The zero-order chi connectivity index (χ0) is 13.1. The van der Waals surface area contributed by atoms with Crippen LogP contribution in [0.3, 0.4) is 0 Å². The third-order valence-electron chi connectivity index (χ3n) is 1.75. The number of esters is 1. The molecule has 0 unspecified atom stereocenters. The van der Waals surface area contributed by atoms with Crippen molar-refractivity contribution in [2.75, 3.05) is 0 Å². The number of carbonyl (C=O) groups is 1. The predicted octanol–water partition coefficient (Wildman–Crippen LogP) is 0.224. The van der Waals surface area contributed by atoms with Crippen LogP contribution in [0.5, 0.6) is 5.75 Å². The van der Waals surface area contributed by atoms with Gasteiger partial charge < -0.3 is 14.8 Å². The fraction of sp³-hybridized carbons (Fsp3) is 0.222. The molecule has 0 aromatic heterocycles. The highest BCUT2D eigenvalue weighted by molar-refractivity contribution is 6.58. The van der Waals surface area contributed by atoms with Crippen LogP contribution in [0.15, 0.2) is 24.3 Å². The fourth-order valence-corrected chi connectivity index (χ4v) is 1.04. The van der Waals surface area contributed by atoms with E-state index < -0.39 is 25.7 Å². The van der Waals surface area contributed by atoms with E-state index in [0.29, 0.717) is 0 Å². The minimum Gasteiger partial charge on any atom is -0.426 e. The zero-order valence-corrected chi connectivity index (χ0v) is 8.44. The Labute approximate surface area is 94.8 Å². The molecule has 0 spiro atoms. The van der Waals surface area contributed by atoms with Crippen LogP contribution in [-0.2, 0) is 4.79 Å². The van der Waals surface area contributed by atoms with Gasteiger partial charge in [0.05, 0.1) is 0 Å². The first-order valence-electron chi connectivity index (χ1n) is 4.51. The first-order valence-corrected chi connectivity index (χ1v) is 4.51. The van der Waals surface area contributed by atoms with Gasteiger partial charge in [-0.05, 0) is 17.6 Å². The number of carbonyl (C=O) groups excluding carboxylic acids is 1. The normalized spacial score (nSPS) is 11.1. The van der Waals surface area contributed by atoms with Gasteiger partial charge in [-0.1, -0.05) is 12.1 Å². The summed E-state index contributed by atoms with van der Waals surface area (Å²) >= 11 is 0. The van der Waals surface area contributed by atoms with Crippen LogP contribution in [0.25, 0.3) is 0 Å². The topological polar surface area (TPSA) is 66.8 Å². The van der Waals surface area contributed by atoms with E-state index in [-0.39, 0.29) is 11.2 Å². The van der Waals surface area contributed by atoms with E-state index >= 15 is 0 Å². The summed E-state index contributed by atoms with van der Waals surface area (Å²) in [5.74, 6) is -1.52. The zero-order valence-electron chi connectivity index (χ0n) is 8.44. The van der Waals surface area contributed by atoms with Gasteiger partial charge in [-0.25, -0.2) is 0 Å². The number of halogens is 3. The van der Waals surface area contributed by atoms with Crippen molar-refractivity contribution in [3.8, 4) is 5.75 Å². The lowest BCUT2D eigenvalue weighted by atomic mass is 9.80. The van der Waals surface area contributed by atoms with Crippen LogP contribution >= 0.6 is 0 Å². The van der Waals surface area contributed by atoms with Gasteiger partial charge in [0.15, 0.2) is 0 Å². The van der Waals surface area contributed by atoms with Crippen LogP contribution in [0.2, 0.25) is 0 Å². The molecule has 8 heteroatoms. The molecule has 0 aliphatic rings. The maximum atomic E-state index is 11.8. The number of hydrogen-bond donors (Lipinski definition) is 2. The van der Waals surface area contributed by atoms with Gasteiger partial charge in [0.25, 0.3) is 0 Å². The van der Waals surface area contributed by atoms with E-state index in [1.165, 1.54) is 24.3 Å². The lowest BCUT2D eigenvalue weighted by Gasteiger charge is -2.07. The van der Waals surface area contributed by atoms with E-state index in [0.717, 1.165) is 0 Å². The third kappa shape index (κ3) is 4.88. The quantitative estimate of drug-likeness (QED) is 0.456. The average molecular weight is 248 g/mol. The van der Waals surface area contributed by atoms with Gasteiger partial charge in [0, 0.05) is 0 Å². The predicted molar refractivity (Wildman–Crippen MR) is 52.6 cm³/mol. The van der Waals surface area contributed by atoms with E-state index in [1.54, 1.807) is 0 Å². The van der Waals surface area contributed by atoms with Crippen LogP contribution in [0, 0.1) is 0 Å². The lowest BCUT2D eigenvalue weighted by Crippen LogP contribution is -2.29. The fourth-order valence-electron chi connectivity index (χ4n) is 1.04. The molecule has 0 saturated carbocycles. The van der Waals surface area contributed by atoms with Crippen molar-refractivity contribution in [2.45, 2.75) is 12.6 Å². The Morgan fingerprint density at radius 2 is 1.76 bits per heavy atom. The number of ether oxygens (including phenoxy) is 1. The molecule has 0 fully saturated rings. The van der Waals surface area contributed by atoms with Crippen molar-refractivity contribution in [1.29, 1.82) is 0 Å². The Morgan fingerprint density at radius 3 is 2.18 bits per heavy atom. The van der Waals surface area contributed by atoms with Crippen LogP contribution in [-0.4, -0.2) is 29.3 Å². The monoisotopic (exact) mass is 248 g/mol. The number of rotatable bonds is 3. The van der Waals surface area contributed by atoms with E-state index in [9.17, 15) is 18.0 Å². The van der Waals surface area contributed by atoms with Crippen LogP contribution in [0.4, 0.5) is 13.2 Å². The molecule has 1 aromatic rings. The van der Waals surface area contributed by atoms with Gasteiger partial charge >= 0.3 is 19.3 Å². The molecule has 92 valence electrons. The largest absolute Gasteiger partial charge is 0.488 e. The summed E-state index contributed by atoms with van der Waals surface area (Å²) in [6, 6.07) is 4.79. The number of hydrogen-bond acceptors (Lipinski definition) is 4. The Kier molecular flexibility index (Phi) is 4.14. The minimum atomic E-state index is -4.61. The van der Waals surface area contributed by atoms with Crippen molar-refractivity contribution in [2.24, 2.45) is 0 Å². The van der Waals surface area contributed by atoms with Gasteiger partial charge in [-0.15, -0.1) is 0 Å². The summed E-state index contributed by atoms with van der Waals surface area (Å²) in [6.07, 6.45) is -6.28. The van der Waals surface area contributed by atoms with Crippen molar-refractivity contribution in [3.05, 3.63) is 24.3 Å². The molecule has 0 aliphatic carbocycles. The first kappa shape index (κ1) is 13.5. The maximum Gasteiger partial charge on any atom is 0.488 e. The molecular formula is C9H8BF3O4. The van der Waals surface area contributed by atoms with Crippen molar-refractivity contribution < 1.29 is 32.8 Å². The molecule has 4 nitrogen and oxygen atoms in total. The second-order valence-electron chi connectivity index (χ2n) is 3.21. The van der Waals surface area contributed by atoms with Crippen LogP contribution < -0.4 is 10.2 Å². The Bertz CT molecular complexity index is 388. The molecule has 0 amide bonds. The van der Waals surface area contributed by atoms with Gasteiger partial charge in [0.1, 0.15) is 12.2 Å². The summed E-state index contributed by atoms with van der Waals surface area (Å²) in [4.78, 5) is 10.8. The van der Waals surface area contributed by atoms with Gasteiger partial charge in [-0.3, -0.25) is 4.79 Å². The Morgan fingerprint density at radius 1 is 1.24 bits per heavy atom. The molecule has 1 aromatic carbocycles. The summed E-state index contributed by atoms with van der Waals surface area (Å²) in [5, 5.41) is 17.5.